The van der Waals surface area contributed by atoms with Crippen LogP contribution in [0, 0.1) is 0 Å². The first-order valence-corrected chi connectivity index (χ1v) is 7.44. The molecule has 124 valence electrons. The molecule has 2 N–H and O–H groups in total. The van der Waals surface area contributed by atoms with Crippen LogP contribution < -0.4 is 24.3 Å². The summed E-state index contributed by atoms with van der Waals surface area (Å²) in [6.45, 7) is 1.65. The molecular weight excluding hydrogens is 294 g/mol. The molecule has 0 bridgehead atoms. The Morgan fingerprint density at radius 1 is 0.565 bits per heavy atom. The highest BCUT2D eigenvalue weighted by Gasteiger charge is 2.06. The van der Waals surface area contributed by atoms with Crippen molar-refractivity contribution < 1.29 is 24.3 Å². The summed E-state index contributed by atoms with van der Waals surface area (Å²) in [7, 11) is 6.63. The van der Waals surface area contributed by atoms with Crippen molar-refractivity contribution in [2.45, 2.75) is 13.1 Å². The number of hydrogen-bond donors (Lipinski definition) is 1. The van der Waals surface area contributed by atoms with Gasteiger partial charge in [0.25, 0.3) is 0 Å². The Bertz CT molecular complexity index is 543. The van der Waals surface area contributed by atoms with Crippen molar-refractivity contribution in [2.75, 3.05) is 28.4 Å². The summed E-state index contributed by atoms with van der Waals surface area (Å²) in [5, 5.41) is 2.21. The van der Waals surface area contributed by atoms with Gasteiger partial charge < -0.3 is 24.3 Å². The van der Waals surface area contributed by atoms with Gasteiger partial charge in [-0.1, -0.05) is 0 Å². The van der Waals surface area contributed by atoms with E-state index in [1.165, 1.54) is 0 Å². The van der Waals surface area contributed by atoms with Gasteiger partial charge in [0.05, 0.1) is 28.4 Å². The summed E-state index contributed by atoms with van der Waals surface area (Å²) in [5.74, 6) is 3.21. The molecule has 5 nitrogen and oxygen atoms in total. The van der Waals surface area contributed by atoms with Gasteiger partial charge in [-0.2, -0.15) is 0 Å². The first-order valence-electron chi connectivity index (χ1n) is 7.44. The SMILES string of the molecule is COc1cc(C[NH2+]Cc2cc(OC)cc(OC)c2)cc(OC)c1. The van der Waals surface area contributed by atoms with E-state index in [1.54, 1.807) is 28.4 Å². The van der Waals surface area contributed by atoms with E-state index >= 15 is 0 Å². The van der Waals surface area contributed by atoms with E-state index in [4.69, 9.17) is 18.9 Å². The fourth-order valence-corrected chi connectivity index (χ4v) is 2.37. The van der Waals surface area contributed by atoms with E-state index < -0.39 is 0 Å². The second kappa shape index (κ2) is 8.29. The lowest BCUT2D eigenvalue weighted by Gasteiger charge is -2.09. The number of rotatable bonds is 8. The van der Waals surface area contributed by atoms with Gasteiger partial charge in [0.2, 0.25) is 0 Å². The minimum Gasteiger partial charge on any atom is -0.497 e. The zero-order chi connectivity index (χ0) is 16.7. The van der Waals surface area contributed by atoms with Gasteiger partial charge in [0, 0.05) is 23.3 Å². The Kier molecular flexibility index (Phi) is 6.11. The van der Waals surface area contributed by atoms with E-state index in [0.29, 0.717) is 0 Å². The van der Waals surface area contributed by atoms with Crippen molar-refractivity contribution in [3.8, 4) is 23.0 Å². The van der Waals surface area contributed by atoms with Crippen LogP contribution in [0.2, 0.25) is 0 Å². The summed E-state index contributed by atoms with van der Waals surface area (Å²) in [4.78, 5) is 0. The number of hydrogen-bond acceptors (Lipinski definition) is 4. The van der Waals surface area contributed by atoms with Gasteiger partial charge in [-0.05, 0) is 24.3 Å². The van der Waals surface area contributed by atoms with E-state index in [9.17, 15) is 0 Å². The Balaban J connectivity index is 2.02. The summed E-state index contributed by atoms with van der Waals surface area (Å²) in [6, 6.07) is 11.8. The maximum atomic E-state index is 5.30. The minimum absolute atomic E-state index is 0.802. The molecule has 0 spiro atoms. The minimum atomic E-state index is 0.802. The molecule has 0 amide bonds. The van der Waals surface area contributed by atoms with Crippen molar-refractivity contribution in [1.29, 1.82) is 0 Å². The standard InChI is InChI=1S/C18H23NO4/c1-20-15-5-13(6-16(9-15)21-2)11-19-12-14-7-17(22-3)10-18(8-14)23-4/h5-10,19H,11-12H2,1-4H3/p+1. The molecule has 0 heterocycles. The van der Waals surface area contributed by atoms with Crippen LogP contribution in [0.5, 0.6) is 23.0 Å². The van der Waals surface area contributed by atoms with Gasteiger partial charge in [0.1, 0.15) is 36.1 Å². The zero-order valence-electron chi connectivity index (χ0n) is 14.1. The smallest absolute Gasteiger partial charge is 0.123 e. The van der Waals surface area contributed by atoms with Gasteiger partial charge in [-0.15, -0.1) is 0 Å². The number of methoxy groups -OCH3 is 4. The highest BCUT2D eigenvalue weighted by atomic mass is 16.5. The van der Waals surface area contributed by atoms with Gasteiger partial charge in [-0.25, -0.2) is 0 Å². The molecule has 0 aliphatic heterocycles. The Morgan fingerprint density at radius 3 is 1.13 bits per heavy atom. The first-order chi connectivity index (χ1) is 11.2. The van der Waals surface area contributed by atoms with E-state index in [0.717, 1.165) is 47.2 Å². The Labute approximate surface area is 137 Å². The summed E-state index contributed by atoms with van der Waals surface area (Å²) in [5.41, 5.74) is 2.30. The molecule has 2 aromatic rings. The molecule has 5 heteroatoms. The lowest BCUT2D eigenvalue weighted by Crippen LogP contribution is -2.80. The van der Waals surface area contributed by atoms with Gasteiger partial charge in [0.15, 0.2) is 0 Å². The third kappa shape index (κ3) is 4.79. The molecule has 23 heavy (non-hydrogen) atoms. The second-order valence-electron chi connectivity index (χ2n) is 5.14. The largest absolute Gasteiger partial charge is 0.497 e. The maximum absolute atomic E-state index is 5.30. The molecule has 0 saturated heterocycles. The quantitative estimate of drug-likeness (QED) is 0.809. The van der Waals surface area contributed by atoms with Gasteiger partial charge in [-0.3, -0.25) is 0 Å². The summed E-state index contributed by atoms with van der Waals surface area (Å²) in [6.07, 6.45) is 0. The lowest BCUT2D eigenvalue weighted by molar-refractivity contribution is -0.686. The molecule has 0 fully saturated rings. The van der Waals surface area contributed by atoms with Crippen molar-refractivity contribution in [3.63, 3.8) is 0 Å². The Hall–Kier alpha value is -2.40. The second-order valence-corrected chi connectivity index (χ2v) is 5.14. The van der Waals surface area contributed by atoms with Crippen LogP contribution >= 0.6 is 0 Å². The van der Waals surface area contributed by atoms with E-state index in [1.807, 2.05) is 36.4 Å². The van der Waals surface area contributed by atoms with Crippen LogP contribution in [0.4, 0.5) is 0 Å². The van der Waals surface area contributed by atoms with Crippen LogP contribution in [0.3, 0.4) is 0 Å². The summed E-state index contributed by atoms with van der Waals surface area (Å²) >= 11 is 0. The maximum Gasteiger partial charge on any atom is 0.123 e. The van der Waals surface area contributed by atoms with Crippen molar-refractivity contribution in [2.24, 2.45) is 0 Å². The van der Waals surface area contributed by atoms with Crippen LogP contribution in [-0.4, -0.2) is 28.4 Å². The molecule has 0 atom stereocenters. The predicted molar refractivity (Wildman–Crippen MR) is 88.4 cm³/mol. The zero-order valence-corrected chi connectivity index (χ0v) is 14.1. The molecule has 2 aromatic carbocycles. The number of benzene rings is 2. The molecule has 0 unspecified atom stereocenters. The molecular formula is C18H24NO4+. The van der Waals surface area contributed by atoms with Crippen LogP contribution in [0.15, 0.2) is 36.4 Å². The average molecular weight is 318 g/mol. The topological polar surface area (TPSA) is 53.5 Å². The molecule has 2 rings (SSSR count). The highest BCUT2D eigenvalue weighted by Crippen LogP contribution is 2.23. The van der Waals surface area contributed by atoms with E-state index in [2.05, 4.69) is 5.32 Å². The fraction of sp³-hybridized carbons (Fsp3) is 0.333. The van der Waals surface area contributed by atoms with Gasteiger partial charge >= 0.3 is 0 Å². The number of nitrogens with two attached hydrogens (primary N) is 1. The monoisotopic (exact) mass is 318 g/mol. The highest BCUT2D eigenvalue weighted by molar-refractivity contribution is 5.39. The summed E-state index contributed by atoms with van der Waals surface area (Å²) < 4.78 is 21.2. The van der Waals surface area contributed by atoms with Crippen molar-refractivity contribution >= 4 is 0 Å². The molecule has 0 aliphatic carbocycles. The molecule has 0 radical (unpaired) electrons. The van der Waals surface area contributed by atoms with Crippen molar-refractivity contribution in [1.82, 2.24) is 0 Å². The third-order valence-electron chi connectivity index (χ3n) is 3.58. The average Bonchev–Trinajstić information content (AvgIpc) is 2.60. The normalized spacial score (nSPS) is 10.3. The fourth-order valence-electron chi connectivity index (χ4n) is 2.37. The molecule has 0 aliphatic rings. The molecule has 0 saturated carbocycles. The van der Waals surface area contributed by atoms with Crippen LogP contribution in [-0.2, 0) is 13.1 Å². The van der Waals surface area contributed by atoms with Crippen LogP contribution in [0.1, 0.15) is 11.1 Å². The third-order valence-corrected chi connectivity index (χ3v) is 3.58. The Morgan fingerprint density at radius 2 is 0.870 bits per heavy atom. The predicted octanol–water partition coefficient (Wildman–Crippen LogP) is 1.98. The van der Waals surface area contributed by atoms with Crippen molar-refractivity contribution in [3.05, 3.63) is 47.5 Å². The number of quaternary nitrogens is 1. The first kappa shape index (κ1) is 17.0. The molecule has 0 aromatic heterocycles. The lowest BCUT2D eigenvalue weighted by atomic mass is 10.1. The number of ether oxygens (including phenoxy) is 4. The van der Waals surface area contributed by atoms with Crippen LogP contribution in [0.25, 0.3) is 0 Å². The van der Waals surface area contributed by atoms with E-state index in [-0.39, 0.29) is 0 Å².